The Balaban J connectivity index is 1.54. The molecule has 0 unspecified atom stereocenters. The van der Waals surface area contributed by atoms with Crippen molar-refractivity contribution in [3.05, 3.63) is 127 Å². The Morgan fingerprint density at radius 2 is 1.32 bits per heavy atom. The zero-order valence-corrected chi connectivity index (χ0v) is 32.4. The second-order valence-corrected chi connectivity index (χ2v) is 12.3. The molecule has 3 amide bonds. The number of carbonyl (C=O) groups excluding carboxylic acids is 5. The van der Waals surface area contributed by atoms with Crippen LogP contribution in [0.4, 0.5) is 22.7 Å². The number of nitrogens with zero attached hydrogens (tertiary/aromatic N) is 2. The maximum absolute atomic E-state index is 13.8. The van der Waals surface area contributed by atoms with Gasteiger partial charge in [-0.1, -0.05) is 38.0 Å². The standard InChI is InChI=1S/C43H42N6O10/c1-6-21-57-36-30(41(52)48-32-18-15-31(43(54)59-23-8-3)37(39(32)56-5)58-22-7-2)14-17-33(38(36)55-4)49-42(53)34-16-13-29(25-46-34)47-40(51)27(19-20-44)24-35(50)26-9-11-28(45)12-10-26/h6-18,25,27H,1-3,19,21-24,45H2,4-5H3,(H,47,51)(H,48,52)(H,49,53)/t27-/m1/s1. The molecule has 0 saturated carbocycles. The van der Waals surface area contributed by atoms with Crippen molar-refractivity contribution in [2.75, 3.05) is 55.7 Å². The number of amides is 3. The third-order valence-electron chi connectivity index (χ3n) is 8.25. The van der Waals surface area contributed by atoms with Crippen LogP contribution in [0.2, 0.25) is 0 Å². The number of carbonyl (C=O) groups is 5. The van der Waals surface area contributed by atoms with E-state index in [1.807, 2.05) is 6.07 Å². The zero-order chi connectivity index (χ0) is 42.9. The molecule has 16 nitrogen and oxygen atoms in total. The summed E-state index contributed by atoms with van der Waals surface area (Å²) in [5.41, 5.74) is 7.00. The van der Waals surface area contributed by atoms with Gasteiger partial charge in [0, 0.05) is 24.1 Å². The van der Waals surface area contributed by atoms with Gasteiger partial charge in [0.15, 0.2) is 28.8 Å². The summed E-state index contributed by atoms with van der Waals surface area (Å²) in [6, 6.07) is 16.7. The normalized spacial score (nSPS) is 10.7. The first-order valence-electron chi connectivity index (χ1n) is 17.8. The number of nitriles is 1. The summed E-state index contributed by atoms with van der Waals surface area (Å²) in [5.74, 6) is -3.91. The van der Waals surface area contributed by atoms with Gasteiger partial charge in [-0.25, -0.2) is 9.78 Å². The molecular weight excluding hydrogens is 761 g/mol. The van der Waals surface area contributed by atoms with Crippen molar-refractivity contribution in [2.45, 2.75) is 12.8 Å². The first kappa shape index (κ1) is 43.8. The van der Waals surface area contributed by atoms with Crippen LogP contribution < -0.4 is 40.6 Å². The van der Waals surface area contributed by atoms with Gasteiger partial charge in [0.25, 0.3) is 11.8 Å². The zero-order valence-electron chi connectivity index (χ0n) is 32.4. The molecule has 0 spiro atoms. The van der Waals surface area contributed by atoms with Crippen LogP contribution >= 0.6 is 0 Å². The van der Waals surface area contributed by atoms with Gasteiger partial charge in [-0.2, -0.15) is 5.26 Å². The fourth-order valence-corrected chi connectivity index (χ4v) is 5.45. The molecule has 0 radical (unpaired) electrons. The van der Waals surface area contributed by atoms with E-state index in [0.717, 1.165) is 0 Å². The SMILES string of the molecule is C=CCOC(=O)c1ccc(NC(=O)c2ccc(NC(=O)c3ccc(NC(=O)[C@H](CC#N)CC(=O)c4ccc(N)cc4)cn3)c(OC)c2OCC=C)c(OC)c1OCC=C. The molecule has 0 fully saturated rings. The number of hydrogen-bond donors (Lipinski definition) is 4. The maximum atomic E-state index is 13.8. The highest BCUT2D eigenvalue weighted by molar-refractivity contribution is 6.10. The number of hydrogen-bond acceptors (Lipinski definition) is 13. The number of rotatable bonds is 21. The van der Waals surface area contributed by atoms with E-state index in [0.29, 0.717) is 11.3 Å². The van der Waals surface area contributed by atoms with Gasteiger partial charge in [-0.15, -0.1) is 0 Å². The van der Waals surface area contributed by atoms with Gasteiger partial charge < -0.3 is 45.4 Å². The Hall–Kier alpha value is -7.93. The topological polar surface area (TPSA) is 230 Å². The number of benzene rings is 3. The van der Waals surface area contributed by atoms with Crippen molar-refractivity contribution < 1.29 is 47.7 Å². The summed E-state index contributed by atoms with van der Waals surface area (Å²) in [5, 5.41) is 17.4. The Bertz CT molecular complexity index is 2270. The number of nitrogens with two attached hydrogens (primary N) is 1. The van der Waals surface area contributed by atoms with Crippen LogP contribution in [0, 0.1) is 17.2 Å². The highest BCUT2D eigenvalue weighted by atomic mass is 16.5. The first-order chi connectivity index (χ1) is 28.5. The van der Waals surface area contributed by atoms with Crippen LogP contribution in [0.1, 0.15) is 54.4 Å². The lowest BCUT2D eigenvalue weighted by Crippen LogP contribution is -2.25. The van der Waals surface area contributed by atoms with Crippen molar-refractivity contribution in [2.24, 2.45) is 5.92 Å². The Labute approximate surface area is 340 Å². The van der Waals surface area contributed by atoms with Gasteiger partial charge in [0.1, 0.15) is 31.1 Å². The van der Waals surface area contributed by atoms with Crippen LogP contribution in [0.15, 0.2) is 105 Å². The Kier molecular flexibility index (Phi) is 15.9. The molecule has 0 aliphatic rings. The number of methoxy groups -OCH3 is 2. The molecule has 1 heterocycles. The number of anilines is 4. The van der Waals surface area contributed by atoms with E-state index in [9.17, 15) is 29.2 Å². The van der Waals surface area contributed by atoms with Gasteiger partial charge in [0.05, 0.1) is 55.0 Å². The molecule has 3 aromatic carbocycles. The summed E-state index contributed by atoms with van der Waals surface area (Å²) >= 11 is 0. The first-order valence-corrected chi connectivity index (χ1v) is 17.8. The lowest BCUT2D eigenvalue weighted by molar-refractivity contribution is -0.119. The van der Waals surface area contributed by atoms with Gasteiger partial charge >= 0.3 is 5.97 Å². The fourth-order valence-electron chi connectivity index (χ4n) is 5.45. The number of pyridine rings is 1. The van der Waals surface area contributed by atoms with E-state index < -0.39 is 29.6 Å². The molecule has 5 N–H and O–H groups in total. The van der Waals surface area contributed by atoms with Gasteiger partial charge in [-0.3, -0.25) is 19.2 Å². The highest BCUT2D eigenvalue weighted by Crippen LogP contribution is 2.42. The number of ketones is 1. The van der Waals surface area contributed by atoms with Crippen LogP contribution in [0.25, 0.3) is 0 Å². The van der Waals surface area contributed by atoms with E-state index in [4.69, 9.17) is 29.4 Å². The smallest absolute Gasteiger partial charge is 0.342 e. The predicted molar refractivity (Wildman–Crippen MR) is 220 cm³/mol. The lowest BCUT2D eigenvalue weighted by atomic mass is 9.95. The average Bonchev–Trinajstić information content (AvgIpc) is 3.24. The molecule has 0 saturated heterocycles. The number of aromatic nitrogens is 1. The minimum absolute atomic E-state index is 0.00364. The molecule has 0 aliphatic heterocycles. The van der Waals surface area contributed by atoms with Crippen LogP contribution in [-0.2, 0) is 9.53 Å². The predicted octanol–water partition coefficient (Wildman–Crippen LogP) is 6.40. The maximum Gasteiger partial charge on any atom is 0.342 e. The van der Waals surface area contributed by atoms with Crippen LogP contribution in [0.5, 0.6) is 23.0 Å². The molecule has 1 atom stereocenters. The summed E-state index contributed by atoms with van der Waals surface area (Å²) < 4.78 is 28.0. The lowest BCUT2D eigenvalue weighted by Gasteiger charge is -2.20. The van der Waals surface area contributed by atoms with Crippen molar-refractivity contribution in [3.63, 3.8) is 0 Å². The molecule has 1 aromatic heterocycles. The van der Waals surface area contributed by atoms with E-state index in [1.54, 1.807) is 24.3 Å². The molecule has 4 aromatic rings. The highest BCUT2D eigenvalue weighted by Gasteiger charge is 2.27. The third-order valence-corrected chi connectivity index (χ3v) is 8.25. The molecule has 0 bridgehead atoms. The van der Waals surface area contributed by atoms with Gasteiger partial charge in [-0.05, 0) is 60.7 Å². The van der Waals surface area contributed by atoms with E-state index in [1.165, 1.54) is 75.0 Å². The molecule has 4 rings (SSSR count). The largest absolute Gasteiger partial charge is 0.491 e. The van der Waals surface area contributed by atoms with Crippen molar-refractivity contribution in [3.8, 4) is 29.1 Å². The summed E-state index contributed by atoms with van der Waals surface area (Å²) in [6.45, 7) is 10.8. The molecule has 16 heteroatoms. The van der Waals surface area contributed by atoms with Crippen LogP contribution in [-0.4, -0.2) is 68.5 Å². The fraction of sp³-hybridized carbons (Fsp3) is 0.186. The second kappa shape index (κ2) is 21.4. The van der Waals surface area contributed by atoms with Crippen molar-refractivity contribution in [1.29, 1.82) is 5.26 Å². The molecule has 304 valence electrons. The summed E-state index contributed by atoms with van der Waals surface area (Å²) in [4.78, 5) is 70.0. The van der Waals surface area contributed by atoms with E-state index >= 15 is 0 Å². The summed E-state index contributed by atoms with van der Waals surface area (Å²) in [6.07, 6.45) is 5.17. The van der Waals surface area contributed by atoms with E-state index in [-0.39, 0.29) is 95.3 Å². The number of ether oxygens (including phenoxy) is 5. The second-order valence-electron chi connectivity index (χ2n) is 12.3. The molecule has 0 aliphatic carbocycles. The average molecular weight is 803 g/mol. The molecular formula is C43H42N6O10. The van der Waals surface area contributed by atoms with Gasteiger partial charge in [0.2, 0.25) is 5.91 Å². The molecule has 59 heavy (non-hydrogen) atoms. The number of Topliss-reactive ketones (excluding diaryl/α,β-unsaturated/α-hetero) is 1. The van der Waals surface area contributed by atoms with E-state index in [2.05, 4.69) is 40.7 Å². The van der Waals surface area contributed by atoms with Crippen LogP contribution in [0.3, 0.4) is 0 Å². The monoisotopic (exact) mass is 802 g/mol. The third kappa shape index (κ3) is 11.3. The Morgan fingerprint density at radius 1 is 0.746 bits per heavy atom. The Morgan fingerprint density at radius 3 is 1.86 bits per heavy atom. The minimum atomic E-state index is -0.947. The minimum Gasteiger partial charge on any atom is -0.491 e. The number of esters is 1. The number of nitrogens with one attached hydrogen (secondary N) is 3. The van der Waals surface area contributed by atoms with Crippen molar-refractivity contribution >= 4 is 52.2 Å². The quantitative estimate of drug-likeness (QED) is 0.0310. The summed E-state index contributed by atoms with van der Waals surface area (Å²) in [7, 11) is 2.66. The van der Waals surface area contributed by atoms with Crippen molar-refractivity contribution in [1.82, 2.24) is 4.98 Å². The number of nitrogen functional groups attached to an aromatic ring is 1.